The van der Waals surface area contributed by atoms with Crippen molar-refractivity contribution in [2.24, 2.45) is 5.73 Å². The minimum atomic E-state index is -0.602. The Morgan fingerprint density at radius 1 is 1.48 bits per heavy atom. The Kier molecular flexibility index (Phi) is 6.91. The van der Waals surface area contributed by atoms with Gasteiger partial charge in [0.25, 0.3) is 0 Å². The van der Waals surface area contributed by atoms with Crippen LogP contribution in [0.2, 0.25) is 5.02 Å². The molecule has 0 aliphatic carbocycles. The predicted octanol–water partition coefficient (Wildman–Crippen LogP) is 1.18. The first-order chi connectivity index (χ1) is 9.56. The number of anilines is 1. The fourth-order valence-electron chi connectivity index (χ4n) is 1.96. The molecule has 0 saturated carbocycles. The number of amides is 2. The number of carbonyl (C=O) groups is 2. The highest BCUT2D eigenvalue weighted by Crippen LogP contribution is 2.21. The van der Waals surface area contributed by atoms with Crippen LogP contribution < -0.4 is 16.4 Å². The molecule has 1 aliphatic heterocycles. The summed E-state index contributed by atoms with van der Waals surface area (Å²) < 4.78 is 5.45. The van der Waals surface area contributed by atoms with Crippen LogP contribution in [0.5, 0.6) is 0 Å². The number of ether oxygens (including phenoxy) is 1. The summed E-state index contributed by atoms with van der Waals surface area (Å²) in [6.45, 7) is 2.08. The summed E-state index contributed by atoms with van der Waals surface area (Å²) in [4.78, 5) is 22.9. The molecule has 0 radical (unpaired) electrons. The van der Waals surface area contributed by atoms with E-state index in [1.165, 1.54) is 12.1 Å². The van der Waals surface area contributed by atoms with Crippen molar-refractivity contribution in [3.63, 3.8) is 0 Å². The summed E-state index contributed by atoms with van der Waals surface area (Å²) in [5.74, 6) is -0.767. The van der Waals surface area contributed by atoms with Gasteiger partial charge in [-0.1, -0.05) is 11.6 Å². The van der Waals surface area contributed by atoms with Crippen LogP contribution in [0.3, 0.4) is 0 Å². The van der Waals surface area contributed by atoms with E-state index >= 15 is 0 Å². The lowest BCUT2D eigenvalue weighted by molar-refractivity contribution is -0.119. The minimum Gasteiger partial charge on any atom is -0.375 e. The highest BCUT2D eigenvalue weighted by molar-refractivity contribution is 6.34. The van der Waals surface area contributed by atoms with Gasteiger partial charge in [0, 0.05) is 18.8 Å². The van der Waals surface area contributed by atoms with Crippen LogP contribution in [0.1, 0.15) is 16.8 Å². The maximum absolute atomic E-state index is 11.9. The van der Waals surface area contributed by atoms with Crippen molar-refractivity contribution in [3.05, 3.63) is 28.8 Å². The normalized spacial score (nSPS) is 17.7. The quantitative estimate of drug-likeness (QED) is 0.771. The third kappa shape index (κ3) is 5.17. The van der Waals surface area contributed by atoms with Gasteiger partial charge in [-0.15, -0.1) is 12.4 Å². The van der Waals surface area contributed by atoms with Crippen molar-refractivity contribution < 1.29 is 14.3 Å². The fourth-order valence-corrected chi connectivity index (χ4v) is 2.24. The Bertz CT molecular complexity index is 519. The molecule has 1 fully saturated rings. The summed E-state index contributed by atoms with van der Waals surface area (Å²) in [5, 5.41) is 6.08. The molecule has 2 amide bonds. The average molecular weight is 334 g/mol. The van der Waals surface area contributed by atoms with E-state index in [0.29, 0.717) is 18.8 Å². The molecule has 8 heteroatoms. The molecule has 1 unspecified atom stereocenters. The van der Waals surface area contributed by atoms with Crippen LogP contribution >= 0.6 is 24.0 Å². The van der Waals surface area contributed by atoms with Crippen LogP contribution in [0.15, 0.2) is 18.2 Å². The van der Waals surface area contributed by atoms with E-state index in [0.717, 1.165) is 6.54 Å². The number of rotatable bonds is 4. The van der Waals surface area contributed by atoms with E-state index in [-0.39, 0.29) is 41.4 Å². The molecule has 1 aromatic rings. The number of benzene rings is 1. The Morgan fingerprint density at radius 2 is 2.24 bits per heavy atom. The number of halogens is 2. The number of morpholine rings is 1. The standard InChI is InChI=1S/C13H16ClN3O3.ClH/c14-11-5-8(1-2-10(11)13(15)19)17-12(18)6-9-7-16-3-4-20-9;/h1-2,5,9,16H,3-4,6-7H2,(H2,15,19)(H,17,18);1H. The second kappa shape index (κ2) is 8.19. The molecule has 0 aromatic heterocycles. The number of primary amides is 1. The van der Waals surface area contributed by atoms with Crippen LogP contribution in [0, 0.1) is 0 Å². The van der Waals surface area contributed by atoms with Gasteiger partial charge < -0.3 is 21.1 Å². The molecule has 0 bridgehead atoms. The zero-order valence-corrected chi connectivity index (χ0v) is 12.8. The first-order valence-electron chi connectivity index (χ1n) is 6.28. The summed E-state index contributed by atoms with van der Waals surface area (Å²) in [5.41, 5.74) is 5.90. The Labute approximate surface area is 133 Å². The number of hydrogen-bond donors (Lipinski definition) is 3. The molecule has 116 valence electrons. The van der Waals surface area contributed by atoms with Crippen LogP contribution in [-0.4, -0.2) is 37.6 Å². The molecule has 1 saturated heterocycles. The Morgan fingerprint density at radius 3 is 2.81 bits per heavy atom. The van der Waals surface area contributed by atoms with Gasteiger partial charge in [0.1, 0.15) is 0 Å². The lowest BCUT2D eigenvalue weighted by atomic mass is 10.2. The molecular formula is C13H17Cl2N3O3. The van der Waals surface area contributed by atoms with Gasteiger partial charge in [-0.05, 0) is 18.2 Å². The van der Waals surface area contributed by atoms with Gasteiger partial charge in [-0.3, -0.25) is 9.59 Å². The molecule has 1 heterocycles. The maximum Gasteiger partial charge on any atom is 0.250 e. The second-order valence-electron chi connectivity index (χ2n) is 4.51. The van der Waals surface area contributed by atoms with E-state index in [9.17, 15) is 9.59 Å². The minimum absolute atomic E-state index is 0. The molecule has 2 rings (SSSR count). The van der Waals surface area contributed by atoms with E-state index < -0.39 is 5.91 Å². The van der Waals surface area contributed by atoms with Crippen molar-refractivity contribution in [1.82, 2.24) is 5.32 Å². The van der Waals surface area contributed by atoms with Gasteiger partial charge in [-0.2, -0.15) is 0 Å². The smallest absolute Gasteiger partial charge is 0.250 e. The highest BCUT2D eigenvalue weighted by Gasteiger charge is 2.17. The molecule has 1 aliphatic rings. The van der Waals surface area contributed by atoms with Crippen LogP contribution in [-0.2, 0) is 9.53 Å². The van der Waals surface area contributed by atoms with Gasteiger partial charge in [0.15, 0.2) is 0 Å². The van der Waals surface area contributed by atoms with Crippen molar-refractivity contribution >= 4 is 41.5 Å². The number of carbonyl (C=O) groups excluding carboxylic acids is 2. The van der Waals surface area contributed by atoms with E-state index in [2.05, 4.69) is 10.6 Å². The predicted molar refractivity (Wildman–Crippen MR) is 83.1 cm³/mol. The Hall–Kier alpha value is -1.34. The molecular weight excluding hydrogens is 317 g/mol. The zero-order valence-electron chi connectivity index (χ0n) is 11.2. The lowest BCUT2D eigenvalue weighted by Crippen LogP contribution is -2.40. The summed E-state index contributed by atoms with van der Waals surface area (Å²) in [7, 11) is 0. The van der Waals surface area contributed by atoms with Gasteiger partial charge in [-0.25, -0.2) is 0 Å². The van der Waals surface area contributed by atoms with E-state index in [1.807, 2.05) is 0 Å². The summed E-state index contributed by atoms with van der Waals surface area (Å²) >= 11 is 5.91. The molecule has 1 aromatic carbocycles. The van der Waals surface area contributed by atoms with E-state index in [4.69, 9.17) is 22.1 Å². The highest BCUT2D eigenvalue weighted by atomic mass is 35.5. The molecule has 1 atom stereocenters. The first-order valence-corrected chi connectivity index (χ1v) is 6.65. The largest absolute Gasteiger partial charge is 0.375 e. The average Bonchev–Trinajstić information content (AvgIpc) is 2.39. The molecule has 6 nitrogen and oxygen atoms in total. The maximum atomic E-state index is 11.9. The van der Waals surface area contributed by atoms with Crippen molar-refractivity contribution in [2.75, 3.05) is 25.0 Å². The van der Waals surface area contributed by atoms with Crippen molar-refractivity contribution in [1.29, 1.82) is 0 Å². The SMILES string of the molecule is Cl.NC(=O)c1ccc(NC(=O)CC2CNCCO2)cc1Cl. The summed E-state index contributed by atoms with van der Waals surface area (Å²) in [6.07, 6.45) is 0.145. The monoisotopic (exact) mass is 333 g/mol. The lowest BCUT2D eigenvalue weighted by Gasteiger charge is -2.23. The fraction of sp³-hybridized carbons (Fsp3) is 0.385. The summed E-state index contributed by atoms with van der Waals surface area (Å²) in [6, 6.07) is 4.57. The molecule has 0 spiro atoms. The number of hydrogen-bond acceptors (Lipinski definition) is 4. The van der Waals surface area contributed by atoms with Crippen molar-refractivity contribution in [2.45, 2.75) is 12.5 Å². The third-order valence-corrected chi connectivity index (χ3v) is 3.25. The van der Waals surface area contributed by atoms with Crippen LogP contribution in [0.25, 0.3) is 0 Å². The number of nitrogens with two attached hydrogens (primary N) is 1. The van der Waals surface area contributed by atoms with Crippen LogP contribution in [0.4, 0.5) is 5.69 Å². The van der Waals surface area contributed by atoms with Gasteiger partial charge in [0.2, 0.25) is 11.8 Å². The first kappa shape index (κ1) is 17.7. The Balaban J connectivity index is 0.00000220. The number of nitrogens with one attached hydrogen (secondary N) is 2. The van der Waals surface area contributed by atoms with Gasteiger partial charge in [0.05, 0.1) is 29.7 Å². The topological polar surface area (TPSA) is 93.5 Å². The van der Waals surface area contributed by atoms with E-state index in [1.54, 1.807) is 6.07 Å². The third-order valence-electron chi connectivity index (χ3n) is 2.94. The van der Waals surface area contributed by atoms with Gasteiger partial charge >= 0.3 is 0 Å². The second-order valence-corrected chi connectivity index (χ2v) is 4.92. The zero-order chi connectivity index (χ0) is 14.5. The molecule has 4 N–H and O–H groups in total. The molecule has 21 heavy (non-hydrogen) atoms. The van der Waals surface area contributed by atoms with Crippen molar-refractivity contribution in [3.8, 4) is 0 Å².